The van der Waals surface area contributed by atoms with Gasteiger partial charge in [-0.05, 0) is 25.7 Å². The van der Waals surface area contributed by atoms with Crippen molar-refractivity contribution in [3.63, 3.8) is 0 Å². The van der Waals surface area contributed by atoms with Crippen LogP contribution < -0.4 is 0 Å². The van der Waals surface area contributed by atoms with Gasteiger partial charge in [-0.2, -0.15) is 0 Å². The van der Waals surface area contributed by atoms with Crippen LogP contribution in [0.3, 0.4) is 0 Å². The van der Waals surface area contributed by atoms with E-state index in [9.17, 15) is 4.79 Å². The van der Waals surface area contributed by atoms with E-state index < -0.39 is 5.97 Å². The Balaban J connectivity index is 2.35. The molecule has 0 aromatic carbocycles. The van der Waals surface area contributed by atoms with Crippen LogP contribution in [0.2, 0.25) is 0 Å². The molecule has 1 heterocycles. The van der Waals surface area contributed by atoms with Crippen molar-refractivity contribution in [2.24, 2.45) is 5.92 Å². The number of carboxylic acid groups (broad SMARTS) is 1. The molecule has 4 nitrogen and oxygen atoms in total. The Morgan fingerprint density at radius 2 is 2.25 bits per heavy atom. The van der Waals surface area contributed by atoms with Crippen molar-refractivity contribution >= 4 is 5.97 Å². The van der Waals surface area contributed by atoms with Crippen LogP contribution in [0, 0.1) is 12.8 Å². The fraction of sp³-hybridized carbons (Fsp3) is 0.583. The number of nitrogens with zero attached hydrogens (tertiary/aromatic N) is 2. The Hall–Kier alpha value is -1.45. The lowest BCUT2D eigenvalue weighted by Crippen LogP contribution is -2.12. The Kier molecular flexibility index (Phi) is 2.90. The Morgan fingerprint density at radius 1 is 1.50 bits per heavy atom. The maximum atomic E-state index is 11.0. The summed E-state index contributed by atoms with van der Waals surface area (Å²) in [6.07, 6.45) is 5.07. The first kappa shape index (κ1) is 11.0. The summed E-state index contributed by atoms with van der Waals surface area (Å²) in [7, 11) is 0. The molecule has 0 radical (unpaired) electrons. The predicted molar refractivity (Wildman–Crippen MR) is 59.5 cm³/mol. The molecule has 0 bridgehead atoms. The molecule has 16 heavy (non-hydrogen) atoms. The van der Waals surface area contributed by atoms with Gasteiger partial charge in [0, 0.05) is 17.7 Å². The summed E-state index contributed by atoms with van der Waals surface area (Å²) in [6.45, 7) is 3.91. The lowest BCUT2D eigenvalue weighted by atomic mass is 9.97. The second kappa shape index (κ2) is 4.20. The van der Waals surface area contributed by atoms with Crippen LogP contribution in [0.15, 0.2) is 6.20 Å². The molecule has 86 valence electrons. The second-order valence-corrected chi connectivity index (χ2v) is 4.58. The maximum Gasteiger partial charge on any atom is 0.354 e. The first-order chi connectivity index (χ1) is 7.59. The average Bonchev–Trinajstić information content (AvgIpc) is 2.65. The molecule has 0 amide bonds. The molecule has 1 aliphatic carbocycles. The quantitative estimate of drug-likeness (QED) is 0.831. The summed E-state index contributed by atoms with van der Waals surface area (Å²) < 4.78 is 0. The number of aryl methyl sites for hydroxylation is 1. The number of carbonyl (C=O) groups is 1. The SMILES string of the molecule is Cc1cnc(C2CCCC2C)nc1C(=O)O. The summed E-state index contributed by atoms with van der Waals surface area (Å²) in [5, 5.41) is 9.01. The van der Waals surface area contributed by atoms with E-state index in [0.717, 1.165) is 6.42 Å². The fourth-order valence-corrected chi connectivity index (χ4v) is 2.38. The molecular weight excluding hydrogens is 204 g/mol. The molecule has 1 N–H and O–H groups in total. The molecule has 1 aliphatic rings. The van der Waals surface area contributed by atoms with E-state index in [1.54, 1.807) is 13.1 Å². The molecule has 4 heteroatoms. The minimum absolute atomic E-state index is 0.143. The largest absolute Gasteiger partial charge is 0.477 e. The molecular formula is C12H16N2O2. The summed E-state index contributed by atoms with van der Waals surface area (Å²) in [6, 6.07) is 0. The highest BCUT2D eigenvalue weighted by Gasteiger charge is 2.28. The molecule has 0 spiro atoms. The van der Waals surface area contributed by atoms with Crippen LogP contribution in [0.1, 0.15) is 54.0 Å². The van der Waals surface area contributed by atoms with Crippen molar-refractivity contribution < 1.29 is 9.90 Å². The van der Waals surface area contributed by atoms with Crippen LogP contribution in [0.4, 0.5) is 0 Å². The molecule has 1 aromatic heterocycles. The monoisotopic (exact) mass is 220 g/mol. The molecule has 1 aromatic rings. The second-order valence-electron chi connectivity index (χ2n) is 4.58. The van der Waals surface area contributed by atoms with Gasteiger partial charge in [-0.3, -0.25) is 0 Å². The maximum absolute atomic E-state index is 11.0. The molecule has 2 atom stereocenters. The van der Waals surface area contributed by atoms with Gasteiger partial charge >= 0.3 is 5.97 Å². The topological polar surface area (TPSA) is 63.1 Å². The van der Waals surface area contributed by atoms with Crippen molar-refractivity contribution in [2.45, 2.75) is 39.0 Å². The van der Waals surface area contributed by atoms with Gasteiger partial charge in [0.25, 0.3) is 0 Å². The van der Waals surface area contributed by atoms with Crippen LogP contribution in [0.25, 0.3) is 0 Å². The molecule has 1 saturated carbocycles. The van der Waals surface area contributed by atoms with Gasteiger partial charge in [0.1, 0.15) is 5.82 Å². The number of hydrogen-bond acceptors (Lipinski definition) is 3. The summed E-state index contributed by atoms with van der Waals surface area (Å²) >= 11 is 0. The number of rotatable bonds is 2. The highest BCUT2D eigenvalue weighted by molar-refractivity contribution is 5.86. The van der Waals surface area contributed by atoms with E-state index in [4.69, 9.17) is 5.11 Å². The Bertz CT molecular complexity index is 417. The third kappa shape index (κ3) is 1.92. The van der Waals surface area contributed by atoms with E-state index in [1.165, 1.54) is 12.8 Å². The third-order valence-electron chi connectivity index (χ3n) is 3.39. The van der Waals surface area contributed by atoms with Crippen molar-refractivity contribution in [3.8, 4) is 0 Å². The number of aromatic carboxylic acids is 1. The summed E-state index contributed by atoms with van der Waals surface area (Å²) in [5.74, 6) is 0.628. The zero-order valence-electron chi connectivity index (χ0n) is 9.60. The fourth-order valence-electron chi connectivity index (χ4n) is 2.38. The van der Waals surface area contributed by atoms with E-state index in [2.05, 4.69) is 16.9 Å². The molecule has 2 unspecified atom stereocenters. The van der Waals surface area contributed by atoms with Gasteiger partial charge in [-0.1, -0.05) is 13.3 Å². The lowest BCUT2D eigenvalue weighted by molar-refractivity contribution is 0.0688. The minimum Gasteiger partial charge on any atom is -0.477 e. The van der Waals surface area contributed by atoms with E-state index in [-0.39, 0.29) is 5.69 Å². The van der Waals surface area contributed by atoms with Gasteiger partial charge in [0.05, 0.1) is 0 Å². The Labute approximate surface area is 94.7 Å². The van der Waals surface area contributed by atoms with Crippen LogP contribution in [-0.4, -0.2) is 21.0 Å². The number of hydrogen-bond donors (Lipinski definition) is 1. The van der Waals surface area contributed by atoms with E-state index in [1.807, 2.05) is 0 Å². The van der Waals surface area contributed by atoms with Crippen molar-refractivity contribution in [3.05, 3.63) is 23.3 Å². The average molecular weight is 220 g/mol. The van der Waals surface area contributed by atoms with Crippen LogP contribution in [0.5, 0.6) is 0 Å². The lowest BCUT2D eigenvalue weighted by Gasteiger charge is -2.14. The summed E-state index contributed by atoms with van der Waals surface area (Å²) in [5.41, 5.74) is 0.769. The zero-order chi connectivity index (χ0) is 11.7. The zero-order valence-corrected chi connectivity index (χ0v) is 9.60. The number of aromatic nitrogens is 2. The first-order valence-corrected chi connectivity index (χ1v) is 5.66. The van der Waals surface area contributed by atoms with Crippen molar-refractivity contribution in [2.75, 3.05) is 0 Å². The highest BCUT2D eigenvalue weighted by Crippen LogP contribution is 2.37. The van der Waals surface area contributed by atoms with Crippen LogP contribution >= 0.6 is 0 Å². The predicted octanol–water partition coefficient (Wildman–Crippen LogP) is 2.39. The highest BCUT2D eigenvalue weighted by atomic mass is 16.4. The van der Waals surface area contributed by atoms with Gasteiger partial charge in [-0.25, -0.2) is 14.8 Å². The van der Waals surface area contributed by atoms with E-state index in [0.29, 0.717) is 23.2 Å². The van der Waals surface area contributed by atoms with Gasteiger partial charge in [0.15, 0.2) is 5.69 Å². The van der Waals surface area contributed by atoms with Gasteiger partial charge in [-0.15, -0.1) is 0 Å². The molecule has 0 saturated heterocycles. The third-order valence-corrected chi connectivity index (χ3v) is 3.39. The normalized spacial score (nSPS) is 24.6. The van der Waals surface area contributed by atoms with Crippen molar-refractivity contribution in [1.82, 2.24) is 9.97 Å². The molecule has 1 fully saturated rings. The first-order valence-electron chi connectivity index (χ1n) is 5.66. The van der Waals surface area contributed by atoms with Crippen LogP contribution in [-0.2, 0) is 0 Å². The van der Waals surface area contributed by atoms with Gasteiger partial charge in [0.2, 0.25) is 0 Å². The molecule has 2 rings (SSSR count). The molecule has 0 aliphatic heterocycles. The standard InChI is InChI=1S/C12H16N2O2/c1-7-4-3-5-9(7)11-13-6-8(2)10(14-11)12(15)16/h6-7,9H,3-5H2,1-2H3,(H,15,16). The number of carboxylic acids is 1. The van der Waals surface area contributed by atoms with Gasteiger partial charge < -0.3 is 5.11 Å². The summed E-state index contributed by atoms with van der Waals surface area (Å²) in [4.78, 5) is 19.5. The smallest absolute Gasteiger partial charge is 0.354 e. The Morgan fingerprint density at radius 3 is 2.81 bits per heavy atom. The van der Waals surface area contributed by atoms with E-state index >= 15 is 0 Å². The van der Waals surface area contributed by atoms with Crippen molar-refractivity contribution in [1.29, 1.82) is 0 Å². The minimum atomic E-state index is -0.966.